The number of nitrogens with zero attached hydrogens (tertiary/aromatic N) is 2. The van der Waals surface area contributed by atoms with Gasteiger partial charge in [0.05, 0.1) is 13.2 Å². The first kappa shape index (κ1) is 24.0. The quantitative estimate of drug-likeness (QED) is 0.216. The summed E-state index contributed by atoms with van der Waals surface area (Å²) in [6.45, 7) is 3.36. The van der Waals surface area contributed by atoms with E-state index in [1.54, 1.807) is 14.2 Å². The van der Waals surface area contributed by atoms with Crippen molar-refractivity contribution in [1.29, 1.82) is 0 Å². The Kier molecular flexibility index (Phi) is 11.7. The van der Waals surface area contributed by atoms with Gasteiger partial charge in [-0.3, -0.25) is 4.99 Å². The number of hydrogen-bond donors (Lipinski definition) is 2. The lowest BCUT2D eigenvalue weighted by Crippen LogP contribution is -2.42. The standard InChI is InChI=1S/C20H34N4O2.HI/c1-21-20(22-11-6-12-26-15-16-9-10-16)23-14-19(24(2)3)17-7-5-8-18(13-17)25-4;/h5,7-8,13,16,19H,6,9-12,14-15H2,1-4H3,(H2,21,22,23);1H. The summed E-state index contributed by atoms with van der Waals surface area (Å²) in [5.74, 6) is 2.53. The maximum absolute atomic E-state index is 5.66. The SMILES string of the molecule is CN=C(NCCCOCC1CC1)NCC(c1cccc(OC)c1)N(C)C.I. The Bertz CT molecular complexity index is 565. The largest absolute Gasteiger partial charge is 0.497 e. The van der Waals surface area contributed by atoms with Crippen LogP contribution in [-0.2, 0) is 4.74 Å². The Morgan fingerprint density at radius 3 is 2.70 bits per heavy atom. The van der Waals surface area contributed by atoms with Gasteiger partial charge in [-0.1, -0.05) is 12.1 Å². The van der Waals surface area contributed by atoms with Crippen LogP contribution in [0.2, 0.25) is 0 Å². The Labute approximate surface area is 181 Å². The zero-order valence-electron chi connectivity index (χ0n) is 17.0. The van der Waals surface area contributed by atoms with E-state index in [0.717, 1.165) is 50.4 Å². The van der Waals surface area contributed by atoms with Crippen LogP contribution in [-0.4, -0.2) is 65.4 Å². The number of ether oxygens (including phenoxy) is 2. The molecule has 0 radical (unpaired) electrons. The molecule has 0 aliphatic heterocycles. The van der Waals surface area contributed by atoms with Crippen LogP contribution in [0.25, 0.3) is 0 Å². The molecule has 7 heteroatoms. The maximum Gasteiger partial charge on any atom is 0.191 e. The van der Waals surface area contributed by atoms with Gasteiger partial charge < -0.3 is 25.0 Å². The molecule has 154 valence electrons. The molecule has 1 atom stereocenters. The summed E-state index contributed by atoms with van der Waals surface area (Å²) in [5.41, 5.74) is 1.21. The molecule has 0 amide bonds. The molecule has 1 unspecified atom stereocenters. The van der Waals surface area contributed by atoms with E-state index in [1.807, 2.05) is 12.1 Å². The van der Waals surface area contributed by atoms with Crippen molar-refractivity contribution in [3.8, 4) is 5.75 Å². The van der Waals surface area contributed by atoms with Crippen molar-refractivity contribution in [2.24, 2.45) is 10.9 Å². The van der Waals surface area contributed by atoms with Crippen LogP contribution >= 0.6 is 24.0 Å². The smallest absolute Gasteiger partial charge is 0.191 e. The molecule has 1 aromatic rings. The Morgan fingerprint density at radius 2 is 2.07 bits per heavy atom. The number of guanidine groups is 1. The van der Waals surface area contributed by atoms with Gasteiger partial charge in [-0.25, -0.2) is 0 Å². The highest BCUT2D eigenvalue weighted by Gasteiger charge is 2.20. The number of likely N-dealkylation sites (N-methyl/N-ethyl adjacent to an activating group) is 1. The molecular weight excluding hydrogens is 455 g/mol. The van der Waals surface area contributed by atoms with Gasteiger partial charge in [-0.2, -0.15) is 0 Å². The van der Waals surface area contributed by atoms with Crippen molar-refractivity contribution in [2.75, 3.05) is 54.6 Å². The number of aliphatic imine (C=N–C) groups is 1. The van der Waals surface area contributed by atoms with Crippen LogP contribution < -0.4 is 15.4 Å². The van der Waals surface area contributed by atoms with E-state index in [0.29, 0.717) is 0 Å². The van der Waals surface area contributed by atoms with Crippen molar-refractivity contribution in [2.45, 2.75) is 25.3 Å². The number of benzene rings is 1. The monoisotopic (exact) mass is 490 g/mol. The van der Waals surface area contributed by atoms with Crippen LogP contribution in [0.3, 0.4) is 0 Å². The summed E-state index contributed by atoms with van der Waals surface area (Å²) in [6.07, 6.45) is 3.67. The predicted octanol–water partition coefficient (Wildman–Crippen LogP) is 2.90. The molecule has 0 bridgehead atoms. The normalized spacial score (nSPS) is 15.2. The summed E-state index contributed by atoms with van der Waals surface area (Å²) in [4.78, 5) is 6.51. The van der Waals surface area contributed by atoms with Gasteiger partial charge in [0.2, 0.25) is 0 Å². The fraction of sp³-hybridized carbons (Fsp3) is 0.650. The van der Waals surface area contributed by atoms with Gasteiger partial charge >= 0.3 is 0 Å². The van der Waals surface area contributed by atoms with Crippen molar-refractivity contribution in [3.05, 3.63) is 29.8 Å². The first-order chi connectivity index (χ1) is 12.6. The molecule has 6 nitrogen and oxygen atoms in total. The van der Waals surface area contributed by atoms with E-state index in [2.05, 4.69) is 46.8 Å². The first-order valence-corrected chi connectivity index (χ1v) is 9.46. The van der Waals surface area contributed by atoms with Gasteiger partial charge in [-0.05, 0) is 57.0 Å². The molecule has 2 rings (SSSR count). The third-order valence-electron chi connectivity index (χ3n) is 4.60. The Morgan fingerprint density at radius 1 is 1.30 bits per heavy atom. The van der Waals surface area contributed by atoms with Gasteiger partial charge in [0.15, 0.2) is 5.96 Å². The third-order valence-corrected chi connectivity index (χ3v) is 4.60. The summed E-state index contributed by atoms with van der Waals surface area (Å²) in [6, 6.07) is 8.43. The van der Waals surface area contributed by atoms with Crippen LogP contribution in [0.1, 0.15) is 30.9 Å². The minimum Gasteiger partial charge on any atom is -0.497 e. The minimum absolute atomic E-state index is 0. The fourth-order valence-corrected chi connectivity index (χ4v) is 2.78. The summed E-state index contributed by atoms with van der Waals surface area (Å²) in [5, 5.41) is 6.78. The molecule has 0 saturated heterocycles. The molecule has 0 heterocycles. The molecule has 1 fully saturated rings. The van der Waals surface area contributed by atoms with Crippen LogP contribution in [0.5, 0.6) is 5.75 Å². The summed E-state index contributed by atoms with van der Waals surface area (Å²) < 4.78 is 11.0. The highest BCUT2D eigenvalue weighted by atomic mass is 127. The lowest BCUT2D eigenvalue weighted by molar-refractivity contribution is 0.123. The summed E-state index contributed by atoms with van der Waals surface area (Å²) >= 11 is 0. The van der Waals surface area contributed by atoms with E-state index < -0.39 is 0 Å². The zero-order chi connectivity index (χ0) is 18.8. The van der Waals surface area contributed by atoms with E-state index >= 15 is 0 Å². The minimum atomic E-state index is 0. The summed E-state index contributed by atoms with van der Waals surface area (Å²) in [7, 11) is 7.66. The predicted molar refractivity (Wildman–Crippen MR) is 122 cm³/mol. The van der Waals surface area contributed by atoms with Crippen LogP contribution in [0.4, 0.5) is 0 Å². The van der Waals surface area contributed by atoms with Crippen LogP contribution in [0.15, 0.2) is 29.3 Å². The van der Waals surface area contributed by atoms with Crippen molar-refractivity contribution in [1.82, 2.24) is 15.5 Å². The van der Waals surface area contributed by atoms with E-state index in [1.165, 1.54) is 18.4 Å². The fourth-order valence-electron chi connectivity index (χ4n) is 2.78. The highest BCUT2D eigenvalue weighted by Crippen LogP contribution is 2.28. The van der Waals surface area contributed by atoms with E-state index in [-0.39, 0.29) is 30.0 Å². The molecule has 1 aliphatic rings. The lowest BCUT2D eigenvalue weighted by atomic mass is 10.1. The molecule has 2 N–H and O–H groups in total. The molecule has 27 heavy (non-hydrogen) atoms. The number of halogens is 1. The second-order valence-corrected chi connectivity index (χ2v) is 7.01. The van der Waals surface area contributed by atoms with Gasteiger partial charge in [-0.15, -0.1) is 24.0 Å². The molecule has 1 saturated carbocycles. The molecule has 0 aromatic heterocycles. The average Bonchev–Trinajstić information content (AvgIpc) is 3.47. The van der Waals surface area contributed by atoms with E-state index in [4.69, 9.17) is 9.47 Å². The van der Waals surface area contributed by atoms with Gasteiger partial charge in [0.25, 0.3) is 0 Å². The average molecular weight is 490 g/mol. The zero-order valence-corrected chi connectivity index (χ0v) is 19.4. The topological polar surface area (TPSA) is 58.1 Å². The number of methoxy groups -OCH3 is 1. The maximum atomic E-state index is 5.66. The number of nitrogens with one attached hydrogen (secondary N) is 2. The van der Waals surface area contributed by atoms with Crippen molar-refractivity contribution >= 4 is 29.9 Å². The second-order valence-electron chi connectivity index (χ2n) is 7.01. The first-order valence-electron chi connectivity index (χ1n) is 9.46. The highest BCUT2D eigenvalue weighted by molar-refractivity contribution is 14.0. The Balaban J connectivity index is 0.00000364. The lowest BCUT2D eigenvalue weighted by Gasteiger charge is -2.26. The van der Waals surface area contributed by atoms with Gasteiger partial charge in [0, 0.05) is 33.4 Å². The molecule has 1 aliphatic carbocycles. The molecular formula is C20H35IN4O2. The van der Waals surface area contributed by atoms with E-state index in [9.17, 15) is 0 Å². The Hall–Kier alpha value is -1.06. The molecule has 1 aromatic carbocycles. The second kappa shape index (κ2) is 13.2. The number of rotatable bonds is 11. The van der Waals surface area contributed by atoms with Crippen molar-refractivity contribution in [3.63, 3.8) is 0 Å². The number of hydrogen-bond acceptors (Lipinski definition) is 4. The van der Waals surface area contributed by atoms with Crippen molar-refractivity contribution < 1.29 is 9.47 Å². The van der Waals surface area contributed by atoms with Crippen LogP contribution in [0, 0.1) is 5.92 Å². The van der Waals surface area contributed by atoms with Gasteiger partial charge in [0.1, 0.15) is 5.75 Å². The molecule has 0 spiro atoms. The third kappa shape index (κ3) is 9.12.